The lowest BCUT2D eigenvalue weighted by molar-refractivity contribution is 0.582. The average molecular weight is 304 g/mol. The van der Waals surface area contributed by atoms with Crippen molar-refractivity contribution in [2.24, 2.45) is 0 Å². The summed E-state index contributed by atoms with van der Waals surface area (Å²) in [6, 6.07) is 7.47. The Bertz CT molecular complexity index is 467. The highest BCUT2D eigenvalue weighted by Crippen LogP contribution is 2.22. The van der Waals surface area contributed by atoms with E-state index in [-0.39, 0.29) is 11.0 Å². The first-order valence-corrected chi connectivity index (χ1v) is 7.76. The van der Waals surface area contributed by atoms with Crippen molar-refractivity contribution in [1.82, 2.24) is 5.32 Å². The van der Waals surface area contributed by atoms with Gasteiger partial charge in [-0.25, -0.2) is 8.42 Å². The second-order valence-corrected chi connectivity index (χ2v) is 7.15. The Hall–Kier alpha value is -0.390. The first-order valence-electron chi connectivity index (χ1n) is 5.25. The van der Waals surface area contributed by atoms with Crippen LogP contribution in [-0.4, -0.2) is 26.8 Å². The van der Waals surface area contributed by atoms with E-state index >= 15 is 0 Å². The van der Waals surface area contributed by atoms with E-state index in [0.29, 0.717) is 6.54 Å². The van der Waals surface area contributed by atoms with Crippen LogP contribution in [-0.2, 0) is 15.6 Å². The van der Waals surface area contributed by atoms with Gasteiger partial charge in [-0.1, -0.05) is 34.1 Å². The van der Waals surface area contributed by atoms with E-state index in [1.54, 1.807) is 0 Å². The standard InChI is InChI=1S/C11H14BrNO2S/c12-11-4-2-1-3-9(11)8-16(14,15)10-5-6-13-7-10/h1-4,10,13H,5-8H2. The number of rotatable bonds is 3. The van der Waals surface area contributed by atoms with Gasteiger partial charge in [-0.15, -0.1) is 0 Å². The normalized spacial score (nSPS) is 21.2. The highest BCUT2D eigenvalue weighted by atomic mass is 79.9. The van der Waals surface area contributed by atoms with E-state index in [0.717, 1.165) is 23.0 Å². The van der Waals surface area contributed by atoms with Crippen LogP contribution in [0.1, 0.15) is 12.0 Å². The molecule has 5 heteroatoms. The van der Waals surface area contributed by atoms with Crippen LogP contribution in [0.2, 0.25) is 0 Å². The molecule has 16 heavy (non-hydrogen) atoms. The smallest absolute Gasteiger partial charge is 0.158 e. The molecule has 1 atom stereocenters. The molecule has 0 saturated carbocycles. The number of halogens is 1. The Balaban J connectivity index is 2.18. The van der Waals surface area contributed by atoms with E-state index in [1.165, 1.54) is 0 Å². The van der Waals surface area contributed by atoms with Gasteiger partial charge in [0.15, 0.2) is 9.84 Å². The molecule has 2 rings (SSSR count). The third-order valence-electron chi connectivity index (χ3n) is 2.84. The lowest BCUT2D eigenvalue weighted by Gasteiger charge is -2.11. The van der Waals surface area contributed by atoms with Gasteiger partial charge in [0.2, 0.25) is 0 Å². The molecule has 0 radical (unpaired) electrons. The molecule has 3 nitrogen and oxygen atoms in total. The van der Waals surface area contributed by atoms with Crippen LogP contribution in [0.5, 0.6) is 0 Å². The van der Waals surface area contributed by atoms with Crippen LogP contribution in [0.4, 0.5) is 0 Å². The molecule has 1 unspecified atom stereocenters. The SMILES string of the molecule is O=S(=O)(Cc1ccccc1Br)C1CCNC1. The molecule has 1 aliphatic heterocycles. The monoisotopic (exact) mass is 303 g/mol. The number of hydrogen-bond acceptors (Lipinski definition) is 3. The lowest BCUT2D eigenvalue weighted by Crippen LogP contribution is -2.25. The second-order valence-electron chi connectivity index (χ2n) is 4.01. The summed E-state index contributed by atoms with van der Waals surface area (Å²) in [7, 11) is -3.03. The summed E-state index contributed by atoms with van der Waals surface area (Å²) in [6.45, 7) is 1.40. The summed E-state index contributed by atoms with van der Waals surface area (Å²) in [6.07, 6.45) is 0.729. The average Bonchev–Trinajstić information content (AvgIpc) is 2.75. The molecule has 1 N–H and O–H groups in total. The van der Waals surface area contributed by atoms with Gasteiger partial charge in [0, 0.05) is 11.0 Å². The highest BCUT2D eigenvalue weighted by Gasteiger charge is 2.28. The number of sulfone groups is 1. The maximum atomic E-state index is 12.1. The van der Waals surface area contributed by atoms with Gasteiger partial charge in [0.05, 0.1) is 11.0 Å². The summed E-state index contributed by atoms with van der Waals surface area (Å²) in [4.78, 5) is 0. The topological polar surface area (TPSA) is 46.2 Å². The predicted molar refractivity (Wildman–Crippen MR) is 68.0 cm³/mol. The van der Waals surface area contributed by atoms with Gasteiger partial charge < -0.3 is 5.32 Å². The molecule has 0 bridgehead atoms. The minimum atomic E-state index is -3.03. The Morgan fingerprint density at radius 1 is 1.38 bits per heavy atom. The lowest BCUT2D eigenvalue weighted by atomic mass is 10.2. The fraction of sp³-hybridized carbons (Fsp3) is 0.455. The van der Waals surface area contributed by atoms with Gasteiger partial charge in [-0.05, 0) is 24.6 Å². The molecule has 0 aromatic heterocycles. The molecular weight excluding hydrogens is 290 g/mol. The summed E-state index contributed by atoms with van der Waals surface area (Å²) in [5, 5.41) is 2.87. The molecule has 1 aromatic rings. The van der Waals surface area contributed by atoms with Gasteiger partial charge in [-0.3, -0.25) is 0 Å². The Morgan fingerprint density at radius 3 is 2.75 bits per heavy atom. The molecule has 0 amide bonds. The quantitative estimate of drug-likeness (QED) is 0.925. The van der Waals surface area contributed by atoms with Crippen molar-refractivity contribution in [1.29, 1.82) is 0 Å². The van der Waals surface area contributed by atoms with Crippen LogP contribution in [0, 0.1) is 0 Å². The largest absolute Gasteiger partial charge is 0.315 e. The summed E-state index contributed by atoms with van der Waals surface area (Å²) in [5.74, 6) is 0.126. The summed E-state index contributed by atoms with van der Waals surface area (Å²) >= 11 is 3.38. The molecule has 88 valence electrons. The molecular formula is C11H14BrNO2S. The van der Waals surface area contributed by atoms with Crippen LogP contribution in [0.3, 0.4) is 0 Å². The highest BCUT2D eigenvalue weighted by molar-refractivity contribution is 9.10. The van der Waals surface area contributed by atoms with Gasteiger partial charge in [0.1, 0.15) is 0 Å². The van der Waals surface area contributed by atoms with Crippen molar-refractivity contribution in [3.05, 3.63) is 34.3 Å². The molecule has 1 fully saturated rings. The Kier molecular flexibility index (Phi) is 3.66. The molecule has 1 saturated heterocycles. The molecule has 1 aliphatic rings. The van der Waals surface area contributed by atoms with Crippen molar-refractivity contribution in [3.63, 3.8) is 0 Å². The first kappa shape index (κ1) is 12.1. The summed E-state index contributed by atoms with van der Waals surface area (Å²) < 4.78 is 25.1. The van der Waals surface area contributed by atoms with E-state index in [2.05, 4.69) is 21.2 Å². The van der Waals surface area contributed by atoms with E-state index in [4.69, 9.17) is 0 Å². The number of nitrogens with one attached hydrogen (secondary N) is 1. The third-order valence-corrected chi connectivity index (χ3v) is 5.74. The van der Waals surface area contributed by atoms with Crippen LogP contribution < -0.4 is 5.32 Å². The van der Waals surface area contributed by atoms with Crippen molar-refractivity contribution in [3.8, 4) is 0 Å². The fourth-order valence-corrected chi connectivity index (χ4v) is 4.26. The van der Waals surface area contributed by atoms with E-state index in [9.17, 15) is 8.42 Å². The van der Waals surface area contributed by atoms with Gasteiger partial charge in [0.25, 0.3) is 0 Å². The van der Waals surface area contributed by atoms with Gasteiger partial charge >= 0.3 is 0 Å². The van der Waals surface area contributed by atoms with Crippen molar-refractivity contribution >= 4 is 25.8 Å². The maximum absolute atomic E-state index is 12.1. The van der Waals surface area contributed by atoms with Crippen LogP contribution >= 0.6 is 15.9 Å². The third kappa shape index (κ3) is 2.64. The Morgan fingerprint density at radius 2 is 2.12 bits per heavy atom. The predicted octanol–water partition coefficient (Wildman–Crippen LogP) is 1.73. The zero-order valence-electron chi connectivity index (χ0n) is 8.82. The van der Waals surface area contributed by atoms with Crippen LogP contribution in [0.25, 0.3) is 0 Å². The minimum Gasteiger partial charge on any atom is -0.315 e. The summed E-state index contributed by atoms with van der Waals surface area (Å²) in [5.41, 5.74) is 0.842. The van der Waals surface area contributed by atoms with E-state index < -0.39 is 9.84 Å². The van der Waals surface area contributed by atoms with Crippen molar-refractivity contribution in [2.75, 3.05) is 13.1 Å². The van der Waals surface area contributed by atoms with Crippen molar-refractivity contribution in [2.45, 2.75) is 17.4 Å². The second kappa shape index (κ2) is 4.85. The molecule has 1 heterocycles. The minimum absolute atomic E-state index is 0.126. The van der Waals surface area contributed by atoms with Crippen molar-refractivity contribution < 1.29 is 8.42 Å². The number of benzene rings is 1. The zero-order chi connectivity index (χ0) is 11.6. The zero-order valence-corrected chi connectivity index (χ0v) is 11.2. The van der Waals surface area contributed by atoms with Crippen LogP contribution in [0.15, 0.2) is 28.7 Å². The fourth-order valence-electron chi connectivity index (χ4n) is 1.88. The van der Waals surface area contributed by atoms with Gasteiger partial charge in [-0.2, -0.15) is 0 Å². The first-order chi connectivity index (χ1) is 7.59. The molecule has 0 aliphatic carbocycles. The maximum Gasteiger partial charge on any atom is 0.158 e. The molecule has 0 spiro atoms. The van der Waals surface area contributed by atoms with E-state index in [1.807, 2.05) is 24.3 Å². The molecule has 1 aromatic carbocycles. The Labute approximate surface area is 104 Å². The number of hydrogen-bond donors (Lipinski definition) is 1.